The maximum absolute atomic E-state index is 12.5. The number of anilines is 2. The first kappa shape index (κ1) is 19.2. The van der Waals surface area contributed by atoms with E-state index >= 15 is 0 Å². The Hall–Kier alpha value is -3.11. The zero-order chi connectivity index (χ0) is 20.4. The summed E-state index contributed by atoms with van der Waals surface area (Å²) in [5, 5.41) is 7.28. The summed E-state index contributed by atoms with van der Waals surface area (Å²) < 4.78 is 0. The first-order valence-corrected chi connectivity index (χ1v) is 10.0. The molecule has 4 nitrogen and oxygen atoms in total. The topological polar surface area (TPSA) is 35.9 Å². The molecule has 0 saturated carbocycles. The minimum absolute atomic E-state index is 0.0829. The number of carbonyl (C=O) groups excluding carboxylic acids is 1. The predicted molar refractivity (Wildman–Crippen MR) is 120 cm³/mol. The van der Waals surface area contributed by atoms with Crippen molar-refractivity contribution in [3.8, 4) is 0 Å². The summed E-state index contributed by atoms with van der Waals surface area (Å²) in [5.74, 6) is 0.330. The molecule has 0 amide bonds. The molecule has 5 heteroatoms. The monoisotopic (exact) mass is 403 g/mol. The lowest BCUT2D eigenvalue weighted by molar-refractivity contribution is -0.111. The van der Waals surface area contributed by atoms with Crippen molar-refractivity contribution >= 4 is 34.6 Å². The number of hydrogen-bond donors (Lipinski definition) is 0. The first-order valence-electron chi connectivity index (χ1n) is 9.66. The average Bonchev–Trinajstić information content (AvgIpc) is 3.16. The first-order chi connectivity index (χ1) is 14.1. The van der Waals surface area contributed by atoms with E-state index in [0.717, 1.165) is 23.4 Å². The Kier molecular flexibility index (Phi) is 5.36. The van der Waals surface area contributed by atoms with E-state index < -0.39 is 0 Å². The van der Waals surface area contributed by atoms with Crippen LogP contribution in [-0.4, -0.2) is 11.6 Å². The number of hydrogen-bond acceptors (Lipinski definition) is 4. The number of carbonyl (C=O) groups is 1. The minimum atomic E-state index is -0.275. The summed E-state index contributed by atoms with van der Waals surface area (Å²) in [5.41, 5.74) is 4.11. The second-order valence-electron chi connectivity index (χ2n) is 6.98. The number of aryl methyl sites for hydroxylation is 1. The fraction of sp³-hybridized carbons (Fsp3) is 0.167. The summed E-state index contributed by atoms with van der Waals surface area (Å²) in [6, 6.07) is 25.9. The number of nitrogens with zero attached hydrogens (tertiary/aromatic N) is 3. The number of ketones is 1. The van der Waals surface area contributed by atoms with E-state index in [2.05, 4.69) is 31.2 Å². The summed E-state index contributed by atoms with van der Waals surface area (Å²) in [7, 11) is 0. The van der Waals surface area contributed by atoms with E-state index in [1.165, 1.54) is 5.56 Å². The fourth-order valence-electron chi connectivity index (χ4n) is 3.53. The molecule has 0 saturated heterocycles. The maximum Gasteiger partial charge on any atom is 0.198 e. The summed E-state index contributed by atoms with van der Waals surface area (Å²) >= 11 is 6.09. The van der Waals surface area contributed by atoms with Crippen LogP contribution in [0, 0.1) is 0 Å². The van der Waals surface area contributed by atoms with E-state index in [1.54, 1.807) is 6.92 Å². The molecule has 1 aliphatic rings. The lowest BCUT2D eigenvalue weighted by atomic mass is 10.1. The SMILES string of the molecule is CCc1ccc([C@H]2N(c3ccc(Cl)cc3)N=C(C(C)=O)N2c2ccccc2)cc1. The van der Waals surface area contributed by atoms with Gasteiger partial charge in [-0.2, -0.15) is 0 Å². The van der Waals surface area contributed by atoms with Gasteiger partial charge in [0, 0.05) is 17.6 Å². The van der Waals surface area contributed by atoms with Crippen molar-refractivity contribution in [3.63, 3.8) is 0 Å². The van der Waals surface area contributed by atoms with E-state index in [-0.39, 0.29) is 11.9 Å². The standard InChI is InChI=1S/C24H22ClN3O/c1-3-18-9-11-19(12-10-18)24-27(21-7-5-4-6-8-21)23(17(2)29)26-28(24)22-15-13-20(25)14-16-22/h4-16,24H,3H2,1-2H3/t24-/m1/s1. The molecule has 0 fully saturated rings. The highest BCUT2D eigenvalue weighted by molar-refractivity contribution is 6.44. The molecule has 0 radical (unpaired) electrons. The molecule has 3 aromatic rings. The van der Waals surface area contributed by atoms with Crippen LogP contribution >= 0.6 is 11.6 Å². The van der Waals surface area contributed by atoms with Crippen LogP contribution in [0.15, 0.2) is 84.0 Å². The molecule has 29 heavy (non-hydrogen) atoms. The predicted octanol–water partition coefficient (Wildman–Crippen LogP) is 5.83. The molecule has 4 rings (SSSR count). The Morgan fingerprint density at radius 3 is 2.17 bits per heavy atom. The Labute approximate surface area is 176 Å². The molecule has 1 atom stereocenters. The largest absolute Gasteiger partial charge is 0.295 e. The quantitative estimate of drug-likeness (QED) is 0.537. The van der Waals surface area contributed by atoms with Crippen LogP contribution in [0.2, 0.25) is 5.02 Å². The molecule has 0 aliphatic carbocycles. The second kappa shape index (κ2) is 8.10. The second-order valence-corrected chi connectivity index (χ2v) is 7.41. The molecular formula is C24H22ClN3O. The molecule has 1 aliphatic heterocycles. The van der Waals surface area contributed by atoms with Gasteiger partial charge in [-0.25, -0.2) is 5.01 Å². The third-order valence-corrected chi connectivity index (χ3v) is 5.29. The average molecular weight is 404 g/mol. The minimum Gasteiger partial charge on any atom is -0.295 e. The number of Topliss-reactive ketones (excluding diaryl/α,β-unsaturated/α-hetero) is 1. The zero-order valence-electron chi connectivity index (χ0n) is 16.4. The van der Waals surface area contributed by atoms with Gasteiger partial charge in [-0.15, -0.1) is 5.10 Å². The molecule has 0 bridgehead atoms. The molecular weight excluding hydrogens is 382 g/mol. The van der Waals surface area contributed by atoms with Gasteiger partial charge in [0.05, 0.1) is 5.69 Å². The Bertz CT molecular complexity index is 1030. The van der Waals surface area contributed by atoms with Gasteiger partial charge in [0.25, 0.3) is 0 Å². The van der Waals surface area contributed by atoms with Crippen LogP contribution < -0.4 is 9.91 Å². The molecule has 0 aromatic heterocycles. The van der Waals surface area contributed by atoms with Crippen molar-refractivity contribution in [2.24, 2.45) is 5.10 Å². The highest BCUT2D eigenvalue weighted by Crippen LogP contribution is 2.39. The zero-order valence-corrected chi connectivity index (χ0v) is 17.2. The summed E-state index contributed by atoms with van der Waals surface area (Å²) in [4.78, 5) is 14.5. The molecule has 3 aromatic carbocycles. The van der Waals surface area contributed by atoms with E-state index in [0.29, 0.717) is 10.9 Å². The molecule has 0 spiro atoms. The van der Waals surface area contributed by atoms with Crippen LogP contribution in [0.25, 0.3) is 0 Å². The molecule has 146 valence electrons. The number of amidine groups is 1. The number of para-hydroxylation sites is 1. The van der Waals surface area contributed by atoms with Gasteiger partial charge < -0.3 is 0 Å². The van der Waals surface area contributed by atoms with Gasteiger partial charge in [0.2, 0.25) is 0 Å². The van der Waals surface area contributed by atoms with Crippen molar-refractivity contribution in [1.82, 2.24) is 0 Å². The van der Waals surface area contributed by atoms with E-state index in [4.69, 9.17) is 16.7 Å². The highest BCUT2D eigenvalue weighted by atomic mass is 35.5. The van der Waals surface area contributed by atoms with Gasteiger partial charge in [0.15, 0.2) is 17.8 Å². The smallest absolute Gasteiger partial charge is 0.198 e. The Morgan fingerprint density at radius 2 is 1.59 bits per heavy atom. The van der Waals surface area contributed by atoms with Crippen molar-refractivity contribution < 1.29 is 4.79 Å². The Balaban J connectivity index is 1.87. The summed E-state index contributed by atoms with van der Waals surface area (Å²) in [6.07, 6.45) is 0.701. The number of rotatable bonds is 5. The van der Waals surface area contributed by atoms with E-state index in [9.17, 15) is 4.79 Å². The van der Waals surface area contributed by atoms with Crippen molar-refractivity contribution in [2.45, 2.75) is 26.4 Å². The van der Waals surface area contributed by atoms with Crippen LogP contribution in [0.4, 0.5) is 11.4 Å². The highest BCUT2D eigenvalue weighted by Gasteiger charge is 2.39. The molecule has 1 heterocycles. The van der Waals surface area contributed by atoms with Crippen molar-refractivity contribution in [2.75, 3.05) is 9.91 Å². The van der Waals surface area contributed by atoms with Gasteiger partial charge in [-0.05, 0) is 53.9 Å². The van der Waals surface area contributed by atoms with Gasteiger partial charge in [-0.1, -0.05) is 61.0 Å². The number of hydrazone groups is 1. The van der Waals surface area contributed by atoms with Crippen LogP contribution in [0.5, 0.6) is 0 Å². The van der Waals surface area contributed by atoms with Crippen molar-refractivity contribution in [1.29, 1.82) is 0 Å². The number of benzene rings is 3. The third-order valence-electron chi connectivity index (χ3n) is 5.03. The van der Waals surface area contributed by atoms with Gasteiger partial charge in [0.1, 0.15) is 0 Å². The molecule has 0 N–H and O–H groups in total. The lowest BCUT2D eigenvalue weighted by Crippen LogP contribution is -2.37. The maximum atomic E-state index is 12.5. The fourth-order valence-corrected chi connectivity index (χ4v) is 3.66. The molecule has 0 unspecified atom stereocenters. The lowest BCUT2D eigenvalue weighted by Gasteiger charge is -2.32. The normalized spacial score (nSPS) is 16.1. The van der Waals surface area contributed by atoms with Crippen LogP contribution in [-0.2, 0) is 11.2 Å². The summed E-state index contributed by atoms with van der Waals surface area (Å²) in [6.45, 7) is 3.69. The third kappa shape index (κ3) is 3.76. The van der Waals surface area contributed by atoms with Crippen LogP contribution in [0.3, 0.4) is 0 Å². The van der Waals surface area contributed by atoms with Gasteiger partial charge >= 0.3 is 0 Å². The van der Waals surface area contributed by atoms with Crippen molar-refractivity contribution in [3.05, 3.63) is 95.0 Å². The Morgan fingerprint density at radius 1 is 0.931 bits per heavy atom. The van der Waals surface area contributed by atoms with E-state index in [1.807, 2.05) is 64.5 Å². The van der Waals surface area contributed by atoms with Gasteiger partial charge in [-0.3, -0.25) is 9.69 Å². The van der Waals surface area contributed by atoms with Crippen LogP contribution in [0.1, 0.15) is 31.1 Å². The number of halogens is 1.